The van der Waals surface area contributed by atoms with E-state index in [4.69, 9.17) is 0 Å². The Morgan fingerprint density at radius 1 is 1.38 bits per heavy atom. The van der Waals surface area contributed by atoms with Crippen LogP contribution in [-0.4, -0.2) is 56.3 Å². The number of β-amino-alcohol motifs (C(OH)–C–C–N with tert-alkyl or cyclic N) is 1. The lowest BCUT2D eigenvalue weighted by atomic mass is 10.1. The fourth-order valence-electron chi connectivity index (χ4n) is 4.23. The zero-order valence-electron chi connectivity index (χ0n) is 17.7. The van der Waals surface area contributed by atoms with Gasteiger partial charge in [-0.2, -0.15) is 0 Å². The number of carbonyl (C=O) groups is 1. The van der Waals surface area contributed by atoms with E-state index in [0.29, 0.717) is 30.0 Å². The number of anilines is 1. The van der Waals surface area contributed by atoms with Gasteiger partial charge >= 0.3 is 0 Å². The van der Waals surface area contributed by atoms with Gasteiger partial charge in [-0.1, -0.05) is 0 Å². The first-order valence-electron chi connectivity index (χ1n) is 10.4. The number of aromatic nitrogens is 4. The van der Waals surface area contributed by atoms with Crippen LogP contribution in [0.4, 0.5) is 10.2 Å². The summed E-state index contributed by atoms with van der Waals surface area (Å²) in [5, 5.41) is 19.3. The number of rotatable bonds is 5. The van der Waals surface area contributed by atoms with Crippen LogP contribution in [0.25, 0.3) is 33.3 Å². The lowest BCUT2D eigenvalue weighted by molar-refractivity contribution is -0.123. The number of aryl methyl sites for hydroxylation is 1. The molecule has 0 aliphatic carbocycles. The molecule has 0 spiro atoms. The highest BCUT2D eigenvalue weighted by molar-refractivity contribution is 6.07. The third-order valence-electron chi connectivity index (χ3n) is 5.91. The quantitative estimate of drug-likeness (QED) is 0.324. The van der Waals surface area contributed by atoms with Crippen molar-refractivity contribution in [3.8, 4) is 11.3 Å². The normalized spacial score (nSPS) is 18.5. The lowest BCUT2D eigenvalue weighted by Crippen LogP contribution is -2.40. The van der Waals surface area contributed by atoms with Crippen LogP contribution in [0.3, 0.4) is 0 Å². The van der Waals surface area contributed by atoms with Gasteiger partial charge in [-0.15, -0.1) is 0 Å². The summed E-state index contributed by atoms with van der Waals surface area (Å²) in [4.78, 5) is 24.7. The molecule has 1 saturated heterocycles. The van der Waals surface area contributed by atoms with Crippen LogP contribution >= 0.6 is 0 Å². The Labute approximate surface area is 183 Å². The third kappa shape index (κ3) is 3.47. The van der Waals surface area contributed by atoms with E-state index in [0.717, 1.165) is 27.7 Å². The summed E-state index contributed by atoms with van der Waals surface area (Å²) in [6, 6.07) is 6.33. The molecule has 5 rings (SSSR count). The predicted octanol–water partition coefficient (Wildman–Crippen LogP) is 1.64. The second-order valence-corrected chi connectivity index (χ2v) is 8.08. The summed E-state index contributed by atoms with van der Waals surface area (Å²) in [5.41, 5.74) is 4.37. The number of hydrogen-bond acceptors (Lipinski definition) is 6. The molecule has 4 aromatic rings. The number of nitrogens with zero attached hydrogens (tertiary/aromatic N) is 3. The molecular formula is C22H24FN7O2. The average molecular weight is 437 g/mol. The van der Waals surface area contributed by atoms with Gasteiger partial charge in [0.1, 0.15) is 17.0 Å². The summed E-state index contributed by atoms with van der Waals surface area (Å²) in [6.45, 7) is 0.441. The monoisotopic (exact) mass is 437 g/mol. The molecule has 10 heteroatoms. The van der Waals surface area contributed by atoms with Crippen LogP contribution in [0.1, 0.15) is 12.0 Å². The largest absolute Gasteiger partial charge is 0.392 e. The van der Waals surface area contributed by atoms with Crippen LogP contribution in [0, 0.1) is 5.82 Å². The Morgan fingerprint density at radius 3 is 2.97 bits per heavy atom. The second-order valence-electron chi connectivity index (χ2n) is 8.08. The Bertz CT molecular complexity index is 1330. The highest BCUT2D eigenvalue weighted by Gasteiger charge is 2.27. The molecule has 1 aliphatic rings. The lowest BCUT2D eigenvalue weighted by Gasteiger charge is -2.12. The molecule has 9 nitrogen and oxygen atoms in total. The van der Waals surface area contributed by atoms with Gasteiger partial charge in [0.25, 0.3) is 0 Å². The molecule has 0 unspecified atom stereocenters. The molecule has 32 heavy (non-hydrogen) atoms. The van der Waals surface area contributed by atoms with Crippen molar-refractivity contribution in [2.24, 2.45) is 7.05 Å². The summed E-state index contributed by atoms with van der Waals surface area (Å²) >= 11 is 0. The van der Waals surface area contributed by atoms with Crippen LogP contribution in [0.5, 0.6) is 0 Å². The minimum Gasteiger partial charge on any atom is -0.392 e. The Hall–Kier alpha value is -3.50. The Balaban J connectivity index is 1.45. The van der Waals surface area contributed by atoms with Crippen molar-refractivity contribution in [2.45, 2.75) is 25.1 Å². The SMILES string of the molecule is CNc1nc2[nH]c(-c3ccc(F)c(CNC(=O)[C@@H]4C[C@@H](O)CN4)c3)cc2c2c1ncn2C. The van der Waals surface area contributed by atoms with Crippen LogP contribution in [0.2, 0.25) is 0 Å². The van der Waals surface area contributed by atoms with Crippen molar-refractivity contribution in [3.05, 3.63) is 42.0 Å². The number of aliphatic hydroxyl groups excluding tert-OH is 1. The van der Waals surface area contributed by atoms with Crippen molar-refractivity contribution in [1.82, 2.24) is 30.2 Å². The third-order valence-corrected chi connectivity index (χ3v) is 5.91. The predicted molar refractivity (Wildman–Crippen MR) is 120 cm³/mol. The number of benzene rings is 1. The zero-order chi connectivity index (χ0) is 22.4. The molecule has 2 atom stereocenters. The van der Waals surface area contributed by atoms with Crippen LogP contribution in [0.15, 0.2) is 30.6 Å². The van der Waals surface area contributed by atoms with Crippen molar-refractivity contribution < 1.29 is 14.3 Å². The molecular weight excluding hydrogens is 413 g/mol. The van der Waals surface area contributed by atoms with Crippen molar-refractivity contribution >= 4 is 33.8 Å². The molecule has 0 saturated carbocycles. The number of carbonyl (C=O) groups excluding carboxylic acids is 1. The number of fused-ring (bicyclic) bond motifs is 3. The fourth-order valence-corrected chi connectivity index (χ4v) is 4.23. The van der Waals surface area contributed by atoms with E-state index < -0.39 is 18.0 Å². The first-order chi connectivity index (χ1) is 15.4. The molecule has 3 aromatic heterocycles. The molecule has 1 aliphatic heterocycles. The highest BCUT2D eigenvalue weighted by atomic mass is 19.1. The number of aliphatic hydroxyl groups is 1. The number of aromatic amines is 1. The summed E-state index contributed by atoms with van der Waals surface area (Å²) in [5.74, 6) is 0.0307. The van der Waals surface area contributed by atoms with E-state index in [1.165, 1.54) is 6.07 Å². The van der Waals surface area contributed by atoms with Crippen molar-refractivity contribution in [1.29, 1.82) is 0 Å². The van der Waals surface area contributed by atoms with Gasteiger partial charge in [0.2, 0.25) is 5.91 Å². The Morgan fingerprint density at radius 2 is 2.22 bits per heavy atom. The number of imidazole rings is 1. The van der Waals surface area contributed by atoms with Crippen molar-refractivity contribution in [3.63, 3.8) is 0 Å². The maximum absolute atomic E-state index is 14.4. The highest BCUT2D eigenvalue weighted by Crippen LogP contribution is 2.32. The minimum absolute atomic E-state index is 0.0567. The average Bonchev–Trinajstić information content (AvgIpc) is 3.50. The standard InChI is InChI=1S/C22H24FN7O2/c1-24-21-18-19(30(2)10-27-18)14-7-16(28-20(14)29-21)11-3-4-15(23)12(5-11)8-26-22(32)17-6-13(31)9-25-17/h3-5,7,10,13,17,25,31H,6,8-9H2,1-2H3,(H,26,32)(H2,24,28,29)/t13-,17+/m1/s1. The summed E-state index contributed by atoms with van der Waals surface area (Å²) < 4.78 is 16.4. The van der Waals surface area contributed by atoms with Gasteiger partial charge in [0.15, 0.2) is 5.82 Å². The van der Waals surface area contributed by atoms with Crippen LogP contribution in [-0.2, 0) is 18.4 Å². The summed E-state index contributed by atoms with van der Waals surface area (Å²) in [7, 11) is 3.73. The Kier molecular flexibility index (Phi) is 5.03. The van der Waals surface area contributed by atoms with Gasteiger partial charge in [0, 0.05) is 43.8 Å². The zero-order valence-corrected chi connectivity index (χ0v) is 17.7. The van der Waals surface area contributed by atoms with Gasteiger partial charge < -0.3 is 30.6 Å². The number of nitrogens with one attached hydrogen (secondary N) is 4. The van der Waals surface area contributed by atoms with E-state index in [2.05, 4.69) is 30.9 Å². The molecule has 166 valence electrons. The van der Waals surface area contributed by atoms with E-state index >= 15 is 0 Å². The first-order valence-corrected chi connectivity index (χ1v) is 10.4. The van der Waals surface area contributed by atoms with Crippen LogP contribution < -0.4 is 16.0 Å². The molecule has 1 aromatic carbocycles. The first kappa shape index (κ1) is 20.4. The smallest absolute Gasteiger partial charge is 0.237 e. The maximum atomic E-state index is 14.4. The number of pyridine rings is 1. The van der Waals surface area contributed by atoms with Crippen molar-refractivity contribution in [2.75, 3.05) is 18.9 Å². The van der Waals surface area contributed by atoms with E-state index in [9.17, 15) is 14.3 Å². The topological polar surface area (TPSA) is 120 Å². The van der Waals surface area contributed by atoms with E-state index in [1.54, 1.807) is 25.5 Å². The molecule has 4 heterocycles. The van der Waals surface area contributed by atoms with Gasteiger partial charge in [-0.05, 0) is 36.2 Å². The number of hydrogen-bond donors (Lipinski definition) is 5. The molecule has 1 fully saturated rings. The molecule has 5 N–H and O–H groups in total. The summed E-state index contributed by atoms with van der Waals surface area (Å²) in [6.07, 6.45) is 1.57. The van der Waals surface area contributed by atoms with E-state index in [1.807, 2.05) is 17.7 Å². The number of amides is 1. The van der Waals surface area contributed by atoms with Gasteiger partial charge in [-0.3, -0.25) is 4.79 Å². The van der Waals surface area contributed by atoms with Gasteiger partial charge in [-0.25, -0.2) is 14.4 Å². The molecule has 0 radical (unpaired) electrons. The molecule has 1 amide bonds. The second kappa shape index (κ2) is 7.88. The maximum Gasteiger partial charge on any atom is 0.237 e. The minimum atomic E-state index is -0.532. The number of H-pyrrole nitrogens is 1. The van der Waals surface area contributed by atoms with E-state index in [-0.39, 0.29) is 12.5 Å². The molecule has 0 bridgehead atoms. The number of halogens is 1. The fraction of sp³-hybridized carbons (Fsp3) is 0.318. The van der Waals surface area contributed by atoms with Gasteiger partial charge in [0.05, 0.1) is 24.0 Å².